The minimum absolute atomic E-state index is 0.0120. The third-order valence-electron chi connectivity index (χ3n) is 7.64. The van der Waals surface area contributed by atoms with Crippen LogP contribution < -0.4 is 23.7 Å². The zero-order valence-corrected chi connectivity index (χ0v) is 22.4. The molecule has 3 aliphatic rings. The van der Waals surface area contributed by atoms with Crippen molar-refractivity contribution in [1.29, 1.82) is 0 Å². The minimum Gasteiger partial charge on any atom is -0.493 e. The average molecular weight is 563 g/mol. The number of fused-ring (bicyclic) bond motifs is 4. The van der Waals surface area contributed by atoms with E-state index in [0.717, 1.165) is 22.4 Å². The molecule has 1 aliphatic carbocycles. The average Bonchev–Trinajstić information content (AvgIpc) is 3.67. The number of nitro groups is 1. The fraction of sp³-hybridized carbons (Fsp3) is 0.310. The molecule has 3 atom stereocenters. The van der Waals surface area contributed by atoms with E-state index in [9.17, 15) is 14.9 Å². The van der Waals surface area contributed by atoms with Gasteiger partial charge in [0.25, 0.3) is 5.69 Å². The molecule has 3 aromatic carbocycles. The highest BCUT2D eigenvalue weighted by atomic mass is 16.7. The predicted octanol–water partition coefficient (Wildman–Crippen LogP) is 4.32. The maximum absolute atomic E-state index is 13.0. The van der Waals surface area contributed by atoms with Gasteiger partial charge in [0.2, 0.25) is 12.5 Å². The molecule has 0 spiro atoms. The molecule has 12 nitrogen and oxygen atoms in total. The largest absolute Gasteiger partial charge is 0.493 e. The minimum atomic E-state index is -0.600. The lowest BCUT2D eigenvalue weighted by atomic mass is 9.66. The van der Waals surface area contributed by atoms with E-state index in [2.05, 4.69) is 5.16 Å². The summed E-state index contributed by atoms with van der Waals surface area (Å²) in [6, 6.07) is 12.9. The molecule has 12 heteroatoms. The number of carbonyl (C=O) groups is 1. The van der Waals surface area contributed by atoms with Crippen molar-refractivity contribution in [2.75, 3.05) is 41.3 Å². The highest BCUT2D eigenvalue weighted by molar-refractivity contribution is 6.06. The monoisotopic (exact) mass is 562 g/mol. The van der Waals surface area contributed by atoms with Crippen molar-refractivity contribution in [3.05, 3.63) is 80.9 Å². The van der Waals surface area contributed by atoms with Crippen LogP contribution in [-0.2, 0) is 9.57 Å². The second-order valence-corrected chi connectivity index (χ2v) is 9.67. The van der Waals surface area contributed by atoms with Crippen molar-refractivity contribution in [2.24, 2.45) is 17.0 Å². The number of methoxy groups -OCH3 is 3. The predicted molar refractivity (Wildman–Crippen MR) is 143 cm³/mol. The van der Waals surface area contributed by atoms with Crippen LogP contribution in [0.2, 0.25) is 0 Å². The molecule has 0 saturated carbocycles. The number of nitro benzene ring substituents is 1. The van der Waals surface area contributed by atoms with E-state index in [1.54, 1.807) is 14.2 Å². The Morgan fingerprint density at radius 1 is 1.00 bits per heavy atom. The molecule has 0 N–H and O–H groups in total. The molecule has 3 aromatic rings. The molecule has 0 radical (unpaired) electrons. The Labute approximate surface area is 234 Å². The smallest absolute Gasteiger partial charge is 0.338 e. The molecule has 2 aliphatic heterocycles. The summed E-state index contributed by atoms with van der Waals surface area (Å²) < 4.78 is 34.0. The molecule has 0 fully saturated rings. The first-order valence-corrected chi connectivity index (χ1v) is 12.8. The summed E-state index contributed by atoms with van der Waals surface area (Å²) in [4.78, 5) is 29.1. The molecule has 0 unspecified atom stereocenters. The summed E-state index contributed by atoms with van der Waals surface area (Å²) in [5, 5.41) is 15.4. The van der Waals surface area contributed by atoms with Gasteiger partial charge in [-0.15, -0.1) is 0 Å². The number of esters is 1. The van der Waals surface area contributed by atoms with E-state index < -0.39 is 10.9 Å². The Morgan fingerprint density at radius 3 is 2.32 bits per heavy atom. The van der Waals surface area contributed by atoms with E-state index in [1.807, 2.05) is 24.3 Å². The number of oxime groups is 1. The first-order valence-electron chi connectivity index (χ1n) is 12.8. The summed E-state index contributed by atoms with van der Waals surface area (Å²) in [6.07, 6.45) is 0. The standard InChI is InChI=1S/C29H26N2O10/c1-35-24-8-16(9-25(36-2)28(24)37-3)26-18-10-22-23(40-14-39-22)11-19(18)27-21(13-41-30-27)20(26)12-38-29(32)15-4-6-17(7-5-15)31(33)34/h4-11,20-21,26H,12-14H2,1-3H3/t20-,21-,26+/m0/s1. The van der Waals surface area contributed by atoms with Crippen LogP contribution in [0, 0.1) is 22.0 Å². The molecular formula is C29H26N2O10. The van der Waals surface area contributed by atoms with Gasteiger partial charge >= 0.3 is 5.97 Å². The van der Waals surface area contributed by atoms with Gasteiger partial charge in [-0.3, -0.25) is 10.1 Å². The second-order valence-electron chi connectivity index (χ2n) is 9.67. The molecule has 0 saturated heterocycles. The van der Waals surface area contributed by atoms with Crippen LogP contribution in [0.5, 0.6) is 28.7 Å². The van der Waals surface area contributed by atoms with Crippen molar-refractivity contribution in [3.63, 3.8) is 0 Å². The van der Waals surface area contributed by atoms with E-state index in [1.165, 1.54) is 31.4 Å². The van der Waals surface area contributed by atoms with Crippen LogP contribution in [0.25, 0.3) is 0 Å². The fourth-order valence-electron chi connectivity index (χ4n) is 5.70. The van der Waals surface area contributed by atoms with Crippen molar-refractivity contribution in [2.45, 2.75) is 5.92 Å². The number of nitrogens with zero attached hydrogens (tertiary/aromatic N) is 2. The lowest BCUT2D eigenvalue weighted by Gasteiger charge is -2.37. The van der Waals surface area contributed by atoms with Crippen molar-refractivity contribution < 1.29 is 43.0 Å². The zero-order valence-electron chi connectivity index (χ0n) is 22.4. The molecule has 2 heterocycles. The van der Waals surface area contributed by atoms with E-state index >= 15 is 0 Å². The van der Waals surface area contributed by atoms with Crippen LogP contribution in [-0.4, -0.2) is 57.9 Å². The summed E-state index contributed by atoms with van der Waals surface area (Å²) in [6.45, 7) is 0.414. The number of benzene rings is 3. The first kappa shape index (κ1) is 26.2. The van der Waals surface area contributed by atoms with Gasteiger partial charge in [0.1, 0.15) is 6.61 Å². The van der Waals surface area contributed by atoms with Crippen LogP contribution in [0.1, 0.15) is 33.0 Å². The van der Waals surface area contributed by atoms with Crippen molar-refractivity contribution in [1.82, 2.24) is 0 Å². The number of hydrogen-bond acceptors (Lipinski definition) is 11. The number of carbonyl (C=O) groups excluding carboxylic acids is 1. The van der Waals surface area contributed by atoms with E-state index in [4.69, 9.17) is 33.3 Å². The Hall–Kier alpha value is -5.00. The van der Waals surface area contributed by atoms with Crippen molar-refractivity contribution >= 4 is 17.4 Å². The number of hydrogen-bond donors (Lipinski definition) is 0. The highest BCUT2D eigenvalue weighted by Gasteiger charge is 2.46. The summed E-state index contributed by atoms with van der Waals surface area (Å²) in [5.74, 6) is 1.17. The summed E-state index contributed by atoms with van der Waals surface area (Å²) in [5.41, 5.74) is 3.40. The van der Waals surface area contributed by atoms with Gasteiger partial charge in [0, 0.05) is 35.4 Å². The normalized spacial score (nSPS) is 19.8. The second kappa shape index (κ2) is 10.5. The quantitative estimate of drug-likeness (QED) is 0.222. The van der Waals surface area contributed by atoms with Crippen LogP contribution in [0.15, 0.2) is 53.7 Å². The maximum Gasteiger partial charge on any atom is 0.338 e. The van der Waals surface area contributed by atoms with E-state index in [-0.39, 0.29) is 42.4 Å². The lowest BCUT2D eigenvalue weighted by molar-refractivity contribution is -0.384. The topological polar surface area (TPSA) is 137 Å². The lowest BCUT2D eigenvalue weighted by Crippen LogP contribution is -2.38. The van der Waals surface area contributed by atoms with Crippen LogP contribution in [0.3, 0.4) is 0 Å². The van der Waals surface area contributed by atoms with Gasteiger partial charge in [0.05, 0.1) is 44.1 Å². The van der Waals surface area contributed by atoms with Gasteiger partial charge < -0.3 is 33.3 Å². The number of rotatable bonds is 8. The molecule has 212 valence electrons. The van der Waals surface area contributed by atoms with Gasteiger partial charge in [-0.25, -0.2) is 4.79 Å². The SMILES string of the molecule is COc1cc([C@@H]2c3cc4c(cc3C3=NOC[C@H]3[C@@H]2COC(=O)c2ccc([N+](=O)[O-])cc2)OCO4)cc(OC)c1OC. The maximum atomic E-state index is 13.0. The molecule has 0 aromatic heterocycles. The van der Waals surface area contributed by atoms with Gasteiger partial charge in [0.15, 0.2) is 23.0 Å². The molecule has 6 rings (SSSR count). The van der Waals surface area contributed by atoms with E-state index in [0.29, 0.717) is 35.4 Å². The number of ether oxygens (including phenoxy) is 6. The third kappa shape index (κ3) is 4.50. The van der Waals surface area contributed by atoms with Gasteiger partial charge in [-0.05, 0) is 47.5 Å². The Kier molecular flexibility index (Phi) is 6.73. The van der Waals surface area contributed by atoms with Gasteiger partial charge in [-0.1, -0.05) is 5.16 Å². The first-order chi connectivity index (χ1) is 19.9. The number of non-ortho nitro benzene ring substituents is 1. The summed E-state index contributed by atoms with van der Waals surface area (Å²) in [7, 11) is 4.63. The summed E-state index contributed by atoms with van der Waals surface area (Å²) >= 11 is 0. The van der Waals surface area contributed by atoms with Crippen LogP contribution >= 0.6 is 0 Å². The highest BCUT2D eigenvalue weighted by Crippen LogP contribution is 2.52. The van der Waals surface area contributed by atoms with Gasteiger partial charge in [-0.2, -0.15) is 0 Å². The van der Waals surface area contributed by atoms with Crippen LogP contribution in [0.4, 0.5) is 5.69 Å². The van der Waals surface area contributed by atoms with Crippen molar-refractivity contribution in [3.8, 4) is 28.7 Å². The fourth-order valence-corrected chi connectivity index (χ4v) is 5.70. The Bertz CT molecular complexity index is 1530. The third-order valence-corrected chi connectivity index (χ3v) is 7.64. The molecule has 0 bridgehead atoms. The zero-order chi connectivity index (χ0) is 28.7. The molecule has 0 amide bonds. The molecule has 41 heavy (non-hydrogen) atoms. The Balaban J connectivity index is 1.43. The molecular weight excluding hydrogens is 536 g/mol. The Morgan fingerprint density at radius 2 is 1.68 bits per heavy atom.